The SMILES string of the molecule is C[C@H](CNCC(O)c1c[nH]c2ncccc12)NS(=O)(=O)c1ccc2cnccc2c1. The zero-order valence-electron chi connectivity index (χ0n) is 16.4. The first-order valence-electron chi connectivity index (χ1n) is 9.61. The van der Waals surface area contributed by atoms with Crippen LogP contribution in [0.15, 0.2) is 66.1 Å². The molecule has 0 aliphatic rings. The third-order valence-electron chi connectivity index (χ3n) is 4.91. The van der Waals surface area contributed by atoms with Crippen LogP contribution >= 0.6 is 0 Å². The molecule has 4 rings (SSSR count). The molecule has 30 heavy (non-hydrogen) atoms. The molecule has 4 aromatic rings. The van der Waals surface area contributed by atoms with Crippen molar-refractivity contribution in [2.24, 2.45) is 0 Å². The van der Waals surface area contributed by atoms with Crippen LogP contribution in [0.5, 0.6) is 0 Å². The van der Waals surface area contributed by atoms with Crippen LogP contribution in [0, 0.1) is 0 Å². The molecule has 0 bridgehead atoms. The first kappa shape index (κ1) is 20.4. The summed E-state index contributed by atoms with van der Waals surface area (Å²) in [5, 5.41) is 16.2. The molecule has 0 aliphatic heterocycles. The zero-order valence-corrected chi connectivity index (χ0v) is 17.2. The Hall–Kier alpha value is -2.85. The van der Waals surface area contributed by atoms with Gasteiger partial charge in [-0.05, 0) is 42.6 Å². The minimum atomic E-state index is -3.66. The number of aromatic nitrogens is 3. The van der Waals surface area contributed by atoms with E-state index < -0.39 is 16.1 Å². The lowest BCUT2D eigenvalue weighted by Crippen LogP contribution is -2.40. The molecular weight excluding hydrogens is 402 g/mol. The topological polar surface area (TPSA) is 120 Å². The Morgan fingerprint density at radius 3 is 2.87 bits per heavy atom. The van der Waals surface area contributed by atoms with Crippen molar-refractivity contribution in [3.8, 4) is 0 Å². The number of nitrogens with zero attached hydrogens (tertiary/aromatic N) is 2. The van der Waals surface area contributed by atoms with E-state index in [1.165, 1.54) is 0 Å². The van der Waals surface area contributed by atoms with Crippen LogP contribution in [0.25, 0.3) is 21.8 Å². The van der Waals surface area contributed by atoms with Crippen LogP contribution in [0.2, 0.25) is 0 Å². The molecule has 0 spiro atoms. The van der Waals surface area contributed by atoms with Crippen molar-refractivity contribution in [3.05, 3.63) is 66.7 Å². The number of rotatable bonds is 8. The zero-order chi connectivity index (χ0) is 21.1. The molecule has 3 heterocycles. The van der Waals surface area contributed by atoms with Crippen molar-refractivity contribution in [1.82, 2.24) is 25.0 Å². The third kappa shape index (κ3) is 4.34. The van der Waals surface area contributed by atoms with Crippen LogP contribution in [0.4, 0.5) is 0 Å². The predicted octanol–water partition coefficient (Wildman–Crippen LogP) is 2.10. The average Bonchev–Trinajstić information content (AvgIpc) is 3.17. The highest BCUT2D eigenvalue weighted by Gasteiger charge is 2.18. The number of benzene rings is 1. The van der Waals surface area contributed by atoms with Gasteiger partial charge in [-0.3, -0.25) is 4.98 Å². The molecule has 4 N–H and O–H groups in total. The summed E-state index contributed by atoms with van der Waals surface area (Å²) in [6.45, 7) is 2.43. The van der Waals surface area contributed by atoms with Gasteiger partial charge in [0.2, 0.25) is 10.0 Å². The number of sulfonamides is 1. The molecule has 0 saturated heterocycles. The van der Waals surface area contributed by atoms with Crippen molar-refractivity contribution in [1.29, 1.82) is 0 Å². The first-order valence-corrected chi connectivity index (χ1v) is 11.1. The number of nitrogens with one attached hydrogen (secondary N) is 3. The number of aliphatic hydroxyl groups is 1. The molecule has 0 amide bonds. The maximum absolute atomic E-state index is 12.7. The number of pyridine rings is 2. The minimum absolute atomic E-state index is 0.208. The second-order valence-electron chi connectivity index (χ2n) is 7.22. The number of hydrogen-bond donors (Lipinski definition) is 4. The van der Waals surface area contributed by atoms with Gasteiger partial charge in [0.1, 0.15) is 5.65 Å². The molecule has 9 heteroatoms. The largest absolute Gasteiger partial charge is 0.387 e. The van der Waals surface area contributed by atoms with E-state index in [9.17, 15) is 13.5 Å². The lowest BCUT2D eigenvalue weighted by atomic mass is 10.1. The summed E-state index contributed by atoms with van der Waals surface area (Å²) in [5.41, 5.74) is 1.48. The Morgan fingerprint density at radius 1 is 1.13 bits per heavy atom. The second kappa shape index (κ2) is 8.49. The summed E-state index contributed by atoms with van der Waals surface area (Å²) in [6.07, 6.45) is 6.02. The van der Waals surface area contributed by atoms with Gasteiger partial charge in [0, 0.05) is 60.3 Å². The van der Waals surface area contributed by atoms with Gasteiger partial charge in [-0.15, -0.1) is 0 Å². The van der Waals surface area contributed by atoms with E-state index in [0.29, 0.717) is 6.54 Å². The summed E-state index contributed by atoms with van der Waals surface area (Å²) in [4.78, 5) is 11.5. The van der Waals surface area contributed by atoms with Crippen LogP contribution in [0.3, 0.4) is 0 Å². The first-order chi connectivity index (χ1) is 14.4. The highest BCUT2D eigenvalue weighted by atomic mass is 32.2. The Kier molecular flexibility index (Phi) is 5.78. The number of aliphatic hydroxyl groups excluding tert-OH is 1. The van der Waals surface area contributed by atoms with E-state index in [1.807, 2.05) is 12.1 Å². The molecule has 156 valence electrons. The molecule has 3 aromatic heterocycles. The standard InChI is InChI=1S/C21H23N5O3S/c1-14(10-23-13-20(27)19-12-25-21-18(19)3-2-7-24-21)26-30(28,29)17-5-4-16-11-22-8-6-15(16)9-17/h2-9,11-12,14,20,23,26-27H,10,13H2,1H3,(H,24,25)/t14-,20?/m1/s1. The van der Waals surface area contributed by atoms with Gasteiger partial charge < -0.3 is 15.4 Å². The number of aromatic amines is 1. The normalized spacial score (nSPS) is 14.2. The Bertz CT molecular complexity index is 1270. The quantitative estimate of drug-likeness (QED) is 0.343. The molecule has 0 aliphatic carbocycles. The van der Waals surface area contributed by atoms with Crippen LogP contribution in [-0.2, 0) is 10.0 Å². The van der Waals surface area contributed by atoms with Gasteiger partial charge in [0.25, 0.3) is 0 Å². The summed E-state index contributed by atoms with van der Waals surface area (Å²) in [5.74, 6) is 0. The third-order valence-corrected chi connectivity index (χ3v) is 6.50. The molecular formula is C21H23N5O3S. The Morgan fingerprint density at radius 2 is 2.00 bits per heavy atom. The van der Waals surface area contributed by atoms with Crippen molar-refractivity contribution in [2.75, 3.05) is 13.1 Å². The van der Waals surface area contributed by atoms with Gasteiger partial charge in [0.05, 0.1) is 11.0 Å². The van der Waals surface area contributed by atoms with E-state index in [0.717, 1.165) is 27.4 Å². The maximum Gasteiger partial charge on any atom is 0.240 e. The van der Waals surface area contributed by atoms with E-state index in [-0.39, 0.29) is 17.5 Å². The van der Waals surface area contributed by atoms with Crippen LogP contribution in [0.1, 0.15) is 18.6 Å². The van der Waals surface area contributed by atoms with Crippen molar-refractivity contribution in [3.63, 3.8) is 0 Å². The van der Waals surface area contributed by atoms with Crippen LogP contribution < -0.4 is 10.0 Å². The number of H-pyrrole nitrogens is 1. The van der Waals surface area contributed by atoms with Gasteiger partial charge in [-0.1, -0.05) is 6.07 Å². The number of hydrogen-bond acceptors (Lipinski definition) is 6. The Balaban J connectivity index is 1.35. The average molecular weight is 426 g/mol. The smallest absolute Gasteiger partial charge is 0.240 e. The van der Waals surface area contributed by atoms with E-state index in [1.54, 1.807) is 56.0 Å². The maximum atomic E-state index is 12.7. The van der Waals surface area contributed by atoms with Crippen molar-refractivity contribution < 1.29 is 13.5 Å². The van der Waals surface area contributed by atoms with Crippen molar-refractivity contribution in [2.45, 2.75) is 24.0 Å². The fraction of sp³-hybridized carbons (Fsp3) is 0.238. The highest BCUT2D eigenvalue weighted by Crippen LogP contribution is 2.22. The van der Waals surface area contributed by atoms with E-state index in [4.69, 9.17) is 0 Å². The highest BCUT2D eigenvalue weighted by molar-refractivity contribution is 7.89. The summed E-state index contributed by atoms with van der Waals surface area (Å²) in [7, 11) is -3.66. The molecule has 1 unspecified atom stereocenters. The number of fused-ring (bicyclic) bond motifs is 2. The van der Waals surface area contributed by atoms with Crippen LogP contribution in [-0.4, -0.2) is 47.6 Å². The van der Waals surface area contributed by atoms with Crippen molar-refractivity contribution >= 4 is 31.8 Å². The predicted molar refractivity (Wildman–Crippen MR) is 115 cm³/mol. The lowest BCUT2D eigenvalue weighted by molar-refractivity contribution is 0.175. The summed E-state index contributed by atoms with van der Waals surface area (Å²) in [6, 6.07) is 10.1. The second-order valence-corrected chi connectivity index (χ2v) is 8.94. The fourth-order valence-corrected chi connectivity index (χ4v) is 4.68. The minimum Gasteiger partial charge on any atom is -0.387 e. The molecule has 0 radical (unpaired) electrons. The fourth-order valence-electron chi connectivity index (χ4n) is 3.40. The molecule has 0 saturated carbocycles. The monoisotopic (exact) mass is 425 g/mol. The summed E-state index contributed by atoms with van der Waals surface area (Å²) < 4.78 is 28.1. The molecule has 1 aromatic carbocycles. The van der Waals surface area contributed by atoms with Gasteiger partial charge in [0.15, 0.2) is 0 Å². The van der Waals surface area contributed by atoms with Gasteiger partial charge >= 0.3 is 0 Å². The molecule has 8 nitrogen and oxygen atoms in total. The van der Waals surface area contributed by atoms with E-state index >= 15 is 0 Å². The summed E-state index contributed by atoms with van der Waals surface area (Å²) >= 11 is 0. The van der Waals surface area contributed by atoms with E-state index in [2.05, 4.69) is 25.0 Å². The van der Waals surface area contributed by atoms with Gasteiger partial charge in [-0.25, -0.2) is 18.1 Å². The molecule has 2 atom stereocenters. The van der Waals surface area contributed by atoms with Gasteiger partial charge in [-0.2, -0.15) is 0 Å². The lowest BCUT2D eigenvalue weighted by Gasteiger charge is -2.17. The molecule has 0 fully saturated rings. The Labute approximate surface area is 174 Å².